The standard InChI is InChI=1S/C32H41N7O6/c1-38(2)31-35-17-23(18-36-31)19-39-10-7-28-29(20-39)44-21-22-5-4-6-25(13-22)45-27-15-24(14-26(16-27)43-12-11-42-3)30(40)33-8-9-34-32(41)37-28/h4-6,13-18,28-29H,7-12,19-21H2,1-3H3,(H,33,40)(H2,34,37,41)/t28-,29-/m0/s1. The Morgan fingerprint density at radius 3 is 2.64 bits per heavy atom. The summed E-state index contributed by atoms with van der Waals surface area (Å²) in [6.45, 7) is 3.61. The monoisotopic (exact) mass is 619 g/mol. The largest absolute Gasteiger partial charge is 0.491 e. The van der Waals surface area contributed by atoms with E-state index in [0.717, 1.165) is 17.7 Å². The number of carbonyl (C=O) groups is 2. The molecule has 3 amide bonds. The fourth-order valence-electron chi connectivity index (χ4n) is 5.18. The Labute approximate surface area is 263 Å². The third-order valence-electron chi connectivity index (χ3n) is 7.45. The summed E-state index contributed by atoms with van der Waals surface area (Å²) in [7, 11) is 5.41. The van der Waals surface area contributed by atoms with E-state index in [1.54, 1.807) is 25.3 Å². The van der Waals surface area contributed by atoms with Crippen molar-refractivity contribution >= 4 is 17.9 Å². The number of carbonyl (C=O) groups excluding carboxylic acids is 2. The normalized spacial score (nSPS) is 19.4. The molecule has 0 unspecified atom stereocenters. The van der Waals surface area contributed by atoms with Gasteiger partial charge in [-0.3, -0.25) is 9.69 Å². The van der Waals surface area contributed by atoms with Gasteiger partial charge >= 0.3 is 6.03 Å². The highest BCUT2D eigenvalue weighted by Crippen LogP contribution is 2.29. The van der Waals surface area contributed by atoms with Crippen molar-refractivity contribution in [2.75, 3.05) is 65.5 Å². The van der Waals surface area contributed by atoms with E-state index in [9.17, 15) is 9.59 Å². The van der Waals surface area contributed by atoms with Gasteiger partial charge in [-0.25, -0.2) is 14.8 Å². The number of fused-ring (bicyclic) bond motifs is 5. The van der Waals surface area contributed by atoms with Crippen molar-refractivity contribution in [2.24, 2.45) is 0 Å². The van der Waals surface area contributed by atoms with Gasteiger partial charge in [-0.05, 0) is 36.2 Å². The van der Waals surface area contributed by atoms with Crippen LogP contribution in [0.25, 0.3) is 0 Å². The Morgan fingerprint density at radius 1 is 1.02 bits per heavy atom. The molecule has 13 nitrogen and oxygen atoms in total. The molecular formula is C32H41N7O6. The van der Waals surface area contributed by atoms with Crippen LogP contribution in [0, 0.1) is 0 Å². The van der Waals surface area contributed by atoms with E-state index in [1.807, 2.05) is 55.7 Å². The molecule has 2 aliphatic heterocycles. The van der Waals surface area contributed by atoms with Gasteiger partial charge in [0.2, 0.25) is 5.95 Å². The number of piperidine rings is 1. The first kappa shape index (κ1) is 31.9. The highest BCUT2D eigenvalue weighted by Gasteiger charge is 2.31. The molecule has 45 heavy (non-hydrogen) atoms. The van der Waals surface area contributed by atoms with Crippen LogP contribution in [0.4, 0.5) is 10.7 Å². The Bertz CT molecular complexity index is 1440. The number of anilines is 1. The van der Waals surface area contributed by atoms with Crippen LogP contribution in [0.15, 0.2) is 54.9 Å². The van der Waals surface area contributed by atoms with Crippen LogP contribution in [0.2, 0.25) is 0 Å². The van der Waals surface area contributed by atoms with Crippen molar-refractivity contribution in [1.82, 2.24) is 30.8 Å². The molecule has 3 N–H and O–H groups in total. The molecule has 4 bridgehead atoms. The molecule has 3 aromatic rings. The Morgan fingerprint density at radius 2 is 1.84 bits per heavy atom. The second-order valence-corrected chi connectivity index (χ2v) is 11.2. The first-order valence-electron chi connectivity index (χ1n) is 15.0. The fourth-order valence-corrected chi connectivity index (χ4v) is 5.18. The number of likely N-dealkylation sites (tertiary alicyclic amines) is 1. The lowest BCUT2D eigenvalue weighted by atomic mass is 10.0. The second kappa shape index (κ2) is 15.5. The molecule has 1 aromatic heterocycles. The van der Waals surface area contributed by atoms with Gasteiger partial charge in [0.05, 0.1) is 25.4 Å². The van der Waals surface area contributed by atoms with Crippen LogP contribution >= 0.6 is 0 Å². The molecule has 0 aliphatic carbocycles. The Balaban J connectivity index is 1.33. The zero-order valence-corrected chi connectivity index (χ0v) is 26.0. The third kappa shape index (κ3) is 9.27. The minimum Gasteiger partial charge on any atom is -0.491 e. The van der Waals surface area contributed by atoms with Gasteiger partial charge in [-0.2, -0.15) is 0 Å². The topological polar surface area (TPSA) is 139 Å². The van der Waals surface area contributed by atoms with E-state index in [4.69, 9.17) is 18.9 Å². The molecule has 3 heterocycles. The van der Waals surface area contributed by atoms with E-state index in [2.05, 4.69) is 30.8 Å². The van der Waals surface area contributed by atoms with Crippen LogP contribution in [0.1, 0.15) is 27.9 Å². The van der Waals surface area contributed by atoms with Crippen LogP contribution in [-0.2, 0) is 22.6 Å². The molecule has 2 aromatic carbocycles. The molecule has 5 rings (SSSR count). The van der Waals surface area contributed by atoms with Crippen LogP contribution in [-0.4, -0.2) is 99.5 Å². The lowest BCUT2D eigenvalue weighted by Gasteiger charge is -2.38. The van der Waals surface area contributed by atoms with Crippen LogP contribution in [0.3, 0.4) is 0 Å². The minimum absolute atomic E-state index is 0.196. The number of rotatable bonds is 7. The number of urea groups is 1. The zero-order valence-electron chi connectivity index (χ0n) is 26.0. The molecular weight excluding hydrogens is 578 g/mol. The van der Waals surface area contributed by atoms with Crippen molar-refractivity contribution in [1.29, 1.82) is 0 Å². The molecule has 1 fully saturated rings. The summed E-state index contributed by atoms with van der Waals surface area (Å²) < 4.78 is 23.5. The van der Waals surface area contributed by atoms with Crippen molar-refractivity contribution < 1.29 is 28.5 Å². The van der Waals surface area contributed by atoms with Gasteiger partial charge in [0.15, 0.2) is 0 Å². The summed E-state index contributed by atoms with van der Waals surface area (Å²) in [4.78, 5) is 38.9. The number of benzene rings is 2. The van der Waals surface area contributed by atoms with E-state index >= 15 is 0 Å². The quantitative estimate of drug-likeness (QED) is 0.338. The smallest absolute Gasteiger partial charge is 0.315 e. The number of hydrogen-bond acceptors (Lipinski definition) is 10. The summed E-state index contributed by atoms with van der Waals surface area (Å²) in [5.41, 5.74) is 2.29. The van der Waals surface area contributed by atoms with Gasteiger partial charge in [0, 0.05) is 83.5 Å². The van der Waals surface area contributed by atoms with E-state index < -0.39 is 0 Å². The average Bonchev–Trinajstić information content (AvgIpc) is 3.03. The lowest BCUT2D eigenvalue weighted by molar-refractivity contribution is -0.0304. The third-order valence-corrected chi connectivity index (χ3v) is 7.45. The summed E-state index contributed by atoms with van der Waals surface area (Å²) >= 11 is 0. The van der Waals surface area contributed by atoms with Crippen molar-refractivity contribution in [3.05, 3.63) is 71.5 Å². The highest BCUT2D eigenvalue weighted by molar-refractivity contribution is 5.95. The molecule has 2 atom stereocenters. The molecule has 240 valence electrons. The van der Waals surface area contributed by atoms with Crippen LogP contribution < -0.4 is 30.3 Å². The molecule has 1 saturated heterocycles. The average molecular weight is 620 g/mol. The predicted octanol–water partition coefficient (Wildman–Crippen LogP) is 2.56. The number of aromatic nitrogens is 2. The summed E-state index contributed by atoms with van der Waals surface area (Å²) in [5.74, 6) is 1.88. The van der Waals surface area contributed by atoms with Crippen molar-refractivity contribution in [2.45, 2.75) is 31.7 Å². The highest BCUT2D eigenvalue weighted by atomic mass is 16.5. The number of ether oxygens (including phenoxy) is 4. The first-order chi connectivity index (χ1) is 21.9. The van der Waals surface area contributed by atoms with Crippen molar-refractivity contribution in [3.63, 3.8) is 0 Å². The van der Waals surface area contributed by atoms with E-state index in [-0.39, 0.29) is 37.2 Å². The maximum atomic E-state index is 13.0. The number of methoxy groups -OCH3 is 1. The zero-order chi connectivity index (χ0) is 31.6. The summed E-state index contributed by atoms with van der Waals surface area (Å²) in [6, 6.07) is 12.2. The van der Waals surface area contributed by atoms with Gasteiger partial charge in [-0.15, -0.1) is 0 Å². The number of nitrogens with zero attached hydrogens (tertiary/aromatic N) is 4. The van der Waals surface area contributed by atoms with Gasteiger partial charge in [0.25, 0.3) is 5.91 Å². The fraction of sp³-hybridized carbons (Fsp3) is 0.438. The molecule has 0 radical (unpaired) electrons. The molecule has 13 heteroatoms. The molecule has 0 saturated carbocycles. The van der Waals surface area contributed by atoms with Crippen molar-refractivity contribution in [3.8, 4) is 17.2 Å². The number of nitrogens with one attached hydrogen (secondary N) is 3. The van der Waals surface area contributed by atoms with Gasteiger partial charge in [-0.1, -0.05) is 12.1 Å². The molecule has 2 aliphatic rings. The predicted molar refractivity (Wildman–Crippen MR) is 168 cm³/mol. The van der Waals surface area contributed by atoms with Crippen LogP contribution in [0.5, 0.6) is 17.2 Å². The Kier molecular flexibility index (Phi) is 11.0. The second-order valence-electron chi connectivity index (χ2n) is 11.2. The van der Waals surface area contributed by atoms with E-state index in [0.29, 0.717) is 68.1 Å². The number of amides is 3. The number of hydrogen-bond donors (Lipinski definition) is 3. The summed E-state index contributed by atoms with van der Waals surface area (Å²) in [5, 5.41) is 8.78. The maximum Gasteiger partial charge on any atom is 0.315 e. The Hall–Kier alpha value is -4.46. The lowest BCUT2D eigenvalue weighted by Crippen LogP contribution is -2.56. The van der Waals surface area contributed by atoms with Gasteiger partial charge in [0.1, 0.15) is 23.9 Å². The molecule has 0 spiro atoms. The summed E-state index contributed by atoms with van der Waals surface area (Å²) in [6.07, 6.45) is 4.13. The SMILES string of the molecule is COCCOc1cc2cc(c1)C(=O)NCCNC(=O)N[C@H]1CCN(Cc3cnc(N(C)C)nc3)C[C@@H]1OCc1cccc(c1)O2. The van der Waals surface area contributed by atoms with Gasteiger partial charge < -0.3 is 39.8 Å². The minimum atomic E-state index is -0.309. The van der Waals surface area contributed by atoms with E-state index in [1.165, 1.54) is 0 Å². The first-order valence-corrected chi connectivity index (χ1v) is 15.0. The maximum absolute atomic E-state index is 13.0.